The number of aromatic nitrogens is 3. The van der Waals surface area contributed by atoms with Gasteiger partial charge in [-0.3, -0.25) is 0 Å². The summed E-state index contributed by atoms with van der Waals surface area (Å²) < 4.78 is 21.1. The standard InChI is InChI=1S/C16H17FN4O.ClH/c1-11-3-6-16(22-11)12(2)19-8-13-4-5-15(14(17)7-13)21-10-18-9-20-21;/h3-7,9-10,12,19H,8H2,1-2H3;1H. The SMILES string of the molecule is Cc1ccc(C(C)NCc2ccc(-n3cncn3)c(F)c2)o1.Cl. The van der Waals surface area contributed by atoms with E-state index in [2.05, 4.69) is 15.4 Å². The summed E-state index contributed by atoms with van der Waals surface area (Å²) in [7, 11) is 0. The lowest BCUT2D eigenvalue weighted by atomic mass is 10.1. The van der Waals surface area contributed by atoms with Crippen LogP contribution in [0.2, 0.25) is 0 Å². The van der Waals surface area contributed by atoms with Crippen LogP contribution >= 0.6 is 12.4 Å². The van der Waals surface area contributed by atoms with E-state index in [0.29, 0.717) is 12.2 Å². The summed E-state index contributed by atoms with van der Waals surface area (Å²) in [4.78, 5) is 3.82. The molecule has 3 rings (SSSR count). The van der Waals surface area contributed by atoms with Crippen LogP contribution < -0.4 is 5.32 Å². The summed E-state index contributed by atoms with van der Waals surface area (Å²) in [6.07, 6.45) is 2.85. The highest BCUT2D eigenvalue weighted by atomic mass is 35.5. The Labute approximate surface area is 139 Å². The molecular formula is C16H18ClFN4O. The molecule has 122 valence electrons. The van der Waals surface area contributed by atoms with Crippen molar-refractivity contribution in [2.24, 2.45) is 0 Å². The summed E-state index contributed by atoms with van der Waals surface area (Å²) in [5.41, 5.74) is 1.24. The van der Waals surface area contributed by atoms with E-state index in [4.69, 9.17) is 4.42 Å². The Morgan fingerprint density at radius 1 is 1.30 bits per heavy atom. The first kappa shape index (κ1) is 17.2. The molecule has 2 heterocycles. The first-order valence-electron chi connectivity index (χ1n) is 7.06. The molecule has 0 radical (unpaired) electrons. The summed E-state index contributed by atoms with van der Waals surface area (Å²) in [5.74, 6) is 1.43. The maximum absolute atomic E-state index is 14.1. The Morgan fingerprint density at radius 2 is 2.13 bits per heavy atom. The molecule has 23 heavy (non-hydrogen) atoms. The zero-order chi connectivity index (χ0) is 15.5. The van der Waals surface area contributed by atoms with Crippen molar-refractivity contribution < 1.29 is 8.81 Å². The van der Waals surface area contributed by atoms with Gasteiger partial charge in [-0.25, -0.2) is 14.1 Å². The van der Waals surface area contributed by atoms with Crippen LogP contribution in [0.15, 0.2) is 47.4 Å². The van der Waals surface area contributed by atoms with Gasteiger partial charge in [-0.1, -0.05) is 6.07 Å². The zero-order valence-electron chi connectivity index (χ0n) is 12.9. The lowest BCUT2D eigenvalue weighted by Crippen LogP contribution is -2.17. The minimum absolute atomic E-state index is 0. The van der Waals surface area contributed by atoms with Gasteiger partial charge in [0.2, 0.25) is 0 Å². The maximum atomic E-state index is 14.1. The van der Waals surface area contributed by atoms with E-state index in [1.807, 2.05) is 32.0 Å². The molecule has 5 nitrogen and oxygen atoms in total. The first-order chi connectivity index (χ1) is 10.6. The minimum atomic E-state index is -0.328. The molecular weight excluding hydrogens is 319 g/mol. The van der Waals surface area contributed by atoms with Gasteiger partial charge in [-0.15, -0.1) is 12.4 Å². The van der Waals surface area contributed by atoms with Crippen LogP contribution in [0.5, 0.6) is 0 Å². The third-order valence-corrected chi connectivity index (χ3v) is 3.48. The third kappa shape index (κ3) is 3.97. The largest absolute Gasteiger partial charge is 0.465 e. The molecule has 0 spiro atoms. The molecule has 0 fully saturated rings. The van der Waals surface area contributed by atoms with Crippen LogP contribution in [0.25, 0.3) is 5.69 Å². The van der Waals surface area contributed by atoms with Crippen molar-refractivity contribution in [2.75, 3.05) is 0 Å². The highest BCUT2D eigenvalue weighted by Crippen LogP contribution is 2.18. The smallest absolute Gasteiger partial charge is 0.149 e. The summed E-state index contributed by atoms with van der Waals surface area (Å²) in [6.45, 7) is 4.47. The Bertz CT molecular complexity index is 757. The Morgan fingerprint density at radius 3 is 2.74 bits per heavy atom. The Kier molecular flexibility index (Phi) is 5.52. The Hall–Kier alpha value is -2.18. The molecule has 0 aliphatic heterocycles. The number of nitrogens with one attached hydrogen (secondary N) is 1. The van der Waals surface area contributed by atoms with Gasteiger partial charge in [-0.2, -0.15) is 5.10 Å². The van der Waals surface area contributed by atoms with Crippen molar-refractivity contribution in [3.63, 3.8) is 0 Å². The normalized spacial score (nSPS) is 12.0. The van der Waals surface area contributed by atoms with Gasteiger partial charge >= 0.3 is 0 Å². The van der Waals surface area contributed by atoms with E-state index in [-0.39, 0.29) is 24.3 Å². The van der Waals surface area contributed by atoms with Crippen LogP contribution in [0, 0.1) is 12.7 Å². The molecule has 3 aromatic rings. The minimum Gasteiger partial charge on any atom is -0.465 e. The second-order valence-corrected chi connectivity index (χ2v) is 5.18. The van der Waals surface area contributed by atoms with Crippen LogP contribution in [0.1, 0.15) is 30.0 Å². The fourth-order valence-electron chi connectivity index (χ4n) is 2.24. The summed E-state index contributed by atoms with van der Waals surface area (Å²) in [5, 5.41) is 7.25. The number of aryl methyl sites for hydroxylation is 1. The predicted molar refractivity (Wildman–Crippen MR) is 87.3 cm³/mol. The van der Waals surface area contributed by atoms with E-state index in [0.717, 1.165) is 17.1 Å². The average Bonchev–Trinajstić information content (AvgIpc) is 3.16. The van der Waals surface area contributed by atoms with Crippen LogP contribution in [0.4, 0.5) is 4.39 Å². The quantitative estimate of drug-likeness (QED) is 0.773. The van der Waals surface area contributed by atoms with Crippen molar-refractivity contribution in [1.29, 1.82) is 0 Å². The van der Waals surface area contributed by atoms with Crippen molar-refractivity contribution in [1.82, 2.24) is 20.1 Å². The van der Waals surface area contributed by atoms with E-state index in [1.54, 1.807) is 6.07 Å². The predicted octanol–water partition coefficient (Wildman–Crippen LogP) is 3.58. The van der Waals surface area contributed by atoms with Crippen molar-refractivity contribution >= 4 is 12.4 Å². The van der Waals surface area contributed by atoms with E-state index in [9.17, 15) is 4.39 Å². The van der Waals surface area contributed by atoms with Crippen LogP contribution in [0.3, 0.4) is 0 Å². The summed E-state index contributed by atoms with van der Waals surface area (Å²) in [6, 6.07) is 9.01. The first-order valence-corrected chi connectivity index (χ1v) is 7.06. The molecule has 0 saturated heterocycles. The Balaban J connectivity index is 0.00000192. The second-order valence-electron chi connectivity index (χ2n) is 5.18. The molecule has 2 aromatic heterocycles. The molecule has 0 amide bonds. The molecule has 1 aromatic carbocycles. The molecule has 0 aliphatic carbocycles. The van der Waals surface area contributed by atoms with Gasteiger partial charge in [-0.05, 0) is 43.7 Å². The number of hydrogen-bond acceptors (Lipinski definition) is 4. The van der Waals surface area contributed by atoms with Gasteiger partial charge in [0.1, 0.15) is 35.7 Å². The molecule has 0 bridgehead atoms. The number of hydrogen-bond donors (Lipinski definition) is 1. The lowest BCUT2D eigenvalue weighted by molar-refractivity contribution is 0.415. The van der Waals surface area contributed by atoms with Gasteiger partial charge < -0.3 is 9.73 Å². The number of benzene rings is 1. The fourth-order valence-corrected chi connectivity index (χ4v) is 2.24. The molecule has 1 atom stereocenters. The zero-order valence-corrected chi connectivity index (χ0v) is 13.7. The van der Waals surface area contributed by atoms with E-state index < -0.39 is 0 Å². The number of nitrogens with zero attached hydrogens (tertiary/aromatic N) is 3. The highest BCUT2D eigenvalue weighted by Gasteiger charge is 2.10. The number of rotatable bonds is 5. The fraction of sp³-hybridized carbons (Fsp3) is 0.250. The van der Waals surface area contributed by atoms with E-state index in [1.165, 1.54) is 23.4 Å². The van der Waals surface area contributed by atoms with Gasteiger partial charge in [0, 0.05) is 6.54 Å². The lowest BCUT2D eigenvalue weighted by Gasteiger charge is -2.12. The summed E-state index contributed by atoms with van der Waals surface area (Å²) >= 11 is 0. The van der Waals surface area contributed by atoms with Crippen molar-refractivity contribution in [3.05, 3.63) is 65.9 Å². The average molecular weight is 337 g/mol. The second kappa shape index (κ2) is 7.39. The van der Waals surface area contributed by atoms with E-state index >= 15 is 0 Å². The van der Waals surface area contributed by atoms with Crippen molar-refractivity contribution in [2.45, 2.75) is 26.4 Å². The monoisotopic (exact) mass is 336 g/mol. The molecule has 1 unspecified atom stereocenters. The molecule has 1 N–H and O–H groups in total. The van der Waals surface area contributed by atoms with Gasteiger partial charge in [0.25, 0.3) is 0 Å². The van der Waals surface area contributed by atoms with Crippen molar-refractivity contribution in [3.8, 4) is 5.69 Å². The molecule has 7 heteroatoms. The van der Waals surface area contributed by atoms with Crippen LogP contribution in [-0.2, 0) is 6.54 Å². The maximum Gasteiger partial charge on any atom is 0.149 e. The topological polar surface area (TPSA) is 55.9 Å². The molecule has 0 saturated carbocycles. The van der Waals surface area contributed by atoms with Gasteiger partial charge in [0.15, 0.2) is 0 Å². The molecule has 0 aliphatic rings. The van der Waals surface area contributed by atoms with Gasteiger partial charge in [0.05, 0.1) is 6.04 Å². The third-order valence-electron chi connectivity index (χ3n) is 3.48. The number of halogens is 2. The van der Waals surface area contributed by atoms with Crippen LogP contribution in [-0.4, -0.2) is 14.8 Å². The number of furan rings is 1. The highest BCUT2D eigenvalue weighted by molar-refractivity contribution is 5.85.